The number of hydrogen-bond acceptors (Lipinski definition) is 17. The number of phosphoric acid groups is 1. The highest BCUT2D eigenvalue weighted by molar-refractivity contribution is 8.44. The zero-order valence-corrected chi connectivity index (χ0v) is 25.6. The van der Waals surface area contributed by atoms with Crippen LogP contribution in [0, 0.1) is 0 Å². The number of halogens is 2. The van der Waals surface area contributed by atoms with Gasteiger partial charge in [0, 0.05) is 0 Å². The summed E-state index contributed by atoms with van der Waals surface area (Å²) in [7, 11) is -5.11. The molecule has 7 rings (SSSR count). The van der Waals surface area contributed by atoms with Gasteiger partial charge < -0.3 is 21.1 Å². The van der Waals surface area contributed by atoms with Gasteiger partial charge in [-0.05, 0) is 0 Å². The third kappa shape index (κ3) is 5.51. The van der Waals surface area contributed by atoms with Gasteiger partial charge in [-0.3, -0.25) is 32.4 Å². The van der Waals surface area contributed by atoms with Crippen LogP contribution >= 0.6 is 38.6 Å². The SMILES string of the molecule is Nc1nc2c(ncn2[C@@H]2S[C@@H]3COP(=O)(O)O[C@H]4[C@H](F)[C@H](n5nnc6c(N)ncnc65)O[C@@H]4COP(=O)(S)O[C@@H]2[C@H]3F)c(=O)[nH]1. The highest BCUT2D eigenvalue weighted by Gasteiger charge is 2.54. The molecule has 0 amide bonds. The monoisotopic (exact) mass is 711 g/mol. The van der Waals surface area contributed by atoms with Gasteiger partial charge in [-0.25, -0.2) is 32.9 Å². The lowest BCUT2D eigenvalue weighted by molar-refractivity contribution is -0.0489. The Morgan fingerprint density at radius 3 is 2.67 bits per heavy atom. The van der Waals surface area contributed by atoms with Gasteiger partial charge in [-0.1, -0.05) is 17.5 Å². The van der Waals surface area contributed by atoms with Gasteiger partial charge in [0.25, 0.3) is 5.56 Å². The fourth-order valence-electron chi connectivity index (χ4n) is 5.10. The van der Waals surface area contributed by atoms with Crippen molar-refractivity contribution >= 4 is 72.7 Å². The predicted molar refractivity (Wildman–Crippen MR) is 152 cm³/mol. The first-order chi connectivity index (χ1) is 21.3. The Morgan fingerprint density at radius 2 is 1.87 bits per heavy atom. The minimum atomic E-state index is -5.11. The van der Waals surface area contributed by atoms with Gasteiger partial charge in [0.1, 0.15) is 36.2 Å². The summed E-state index contributed by atoms with van der Waals surface area (Å²) in [6.45, 7) is -6.02. The van der Waals surface area contributed by atoms with E-state index >= 15 is 8.78 Å². The first kappa shape index (κ1) is 30.8. The number of nitrogens with zero attached hydrogens (tertiary/aromatic N) is 8. The van der Waals surface area contributed by atoms with Gasteiger partial charge in [-0.15, -0.1) is 16.9 Å². The summed E-state index contributed by atoms with van der Waals surface area (Å²) in [6, 6.07) is 0. The van der Waals surface area contributed by atoms with E-state index in [1.165, 1.54) is 10.9 Å². The average molecular weight is 712 g/mol. The maximum absolute atomic E-state index is 15.9. The predicted octanol–water partition coefficient (Wildman–Crippen LogP) is 0.662. The van der Waals surface area contributed by atoms with Crippen LogP contribution < -0.4 is 17.0 Å². The van der Waals surface area contributed by atoms with Crippen molar-refractivity contribution in [2.75, 3.05) is 24.7 Å². The smallest absolute Gasteiger partial charge is 0.382 e. The highest BCUT2D eigenvalue weighted by Crippen LogP contribution is 2.60. The molecule has 4 aromatic rings. The summed E-state index contributed by atoms with van der Waals surface area (Å²) in [5, 5.41) is 5.27. The molecule has 0 radical (unpaired) electrons. The Morgan fingerprint density at radius 1 is 1.07 bits per heavy atom. The standard InChI is InChI=1S/C19H21F2N11O9P2S2/c20-7-6-2-37-42(34,35)40-11-5(39-17(8(11)21)32-14-9(29-30-32)13(22)24-3-25-14)1-38-43(36,44)41-12(7)18(45-6)31-4-26-10-15(31)27-19(23)28-16(10)33/h3-8,11-12,17-18H,1-2H2,(H,34,35)(H,36,44)(H2,22,24,25)(H3,23,27,28,33)/t5-,6-,7+,8+,11-,12-,17-,18-,43?/m1/s1. The molecule has 242 valence electrons. The van der Waals surface area contributed by atoms with Crippen LogP contribution in [0.25, 0.3) is 22.3 Å². The second-order valence-electron chi connectivity index (χ2n) is 9.93. The summed E-state index contributed by atoms with van der Waals surface area (Å²) >= 11 is 4.81. The number of anilines is 2. The van der Waals surface area contributed by atoms with Crippen molar-refractivity contribution in [1.82, 2.24) is 44.5 Å². The van der Waals surface area contributed by atoms with Crippen molar-refractivity contribution in [3.8, 4) is 0 Å². The van der Waals surface area contributed by atoms with Gasteiger partial charge in [0.15, 0.2) is 40.5 Å². The summed E-state index contributed by atoms with van der Waals surface area (Å²) in [4.78, 5) is 41.0. The Kier molecular flexibility index (Phi) is 7.66. The molecule has 0 saturated carbocycles. The Labute approximate surface area is 257 Å². The van der Waals surface area contributed by atoms with E-state index in [0.29, 0.717) is 0 Å². The second-order valence-corrected chi connectivity index (χ2v) is 15.6. The summed E-state index contributed by atoms with van der Waals surface area (Å²) in [5.41, 5.74) is 10.6. The molecular weight excluding hydrogens is 690 g/mol. The molecule has 45 heavy (non-hydrogen) atoms. The number of H-pyrrole nitrogens is 1. The third-order valence-electron chi connectivity index (χ3n) is 7.10. The molecule has 6 N–H and O–H groups in total. The molecule has 3 aliphatic rings. The highest BCUT2D eigenvalue weighted by atomic mass is 32.7. The molecule has 3 fully saturated rings. The zero-order valence-electron chi connectivity index (χ0n) is 22.1. The molecule has 3 aliphatic heterocycles. The van der Waals surface area contributed by atoms with E-state index in [1.807, 2.05) is 0 Å². The molecule has 7 heterocycles. The number of thiol groups is 1. The van der Waals surface area contributed by atoms with E-state index in [0.717, 1.165) is 22.8 Å². The van der Waals surface area contributed by atoms with Gasteiger partial charge in [0.05, 0.1) is 24.8 Å². The molecule has 3 saturated heterocycles. The number of phosphoric ester groups is 1. The zero-order chi connectivity index (χ0) is 31.8. The maximum atomic E-state index is 15.9. The average Bonchev–Trinajstić information content (AvgIpc) is 3.72. The number of thioether (sulfide) groups is 1. The molecule has 2 bridgehead atoms. The molecule has 0 spiro atoms. The number of hydrogen-bond donors (Lipinski definition) is 5. The number of nitrogens with one attached hydrogen (secondary N) is 1. The van der Waals surface area contributed by atoms with Gasteiger partial charge in [-0.2, -0.15) is 9.67 Å². The molecule has 20 nitrogen and oxygen atoms in total. The van der Waals surface area contributed by atoms with Crippen molar-refractivity contribution in [3.63, 3.8) is 0 Å². The number of fused-ring (bicyclic) bond motifs is 5. The molecule has 26 heteroatoms. The molecule has 0 aromatic carbocycles. The van der Waals surface area contributed by atoms with E-state index in [4.69, 9.17) is 34.3 Å². The van der Waals surface area contributed by atoms with E-state index in [1.54, 1.807) is 0 Å². The van der Waals surface area contributed by atoms with Crippen molar-refractivity contribution in [2.24, 2.45) is 0 Å². The lowest BCUT2D eigenvalue weighted by atomic mass is 10.1. The number of alkyl halides is 2. The second kappa shape index (κ2) is 11.2. The van der Waals surface area contributed by atoms with Gasteiger partial charge in [0.2, 0.25) is 5.95 Å². The van der Waals surface area contributed by atoms with Crippen molar-refractivity contribution in [1.29, 1.82) is 0 Å². The maximum Gasteiger partial charge on any atom is 0.472 e. The van der Waals surface area contributed by atoms with Crippen LogP contribution in [0.4, 0.5) is 20.5 Å². The fraction of sp³-hybridized carbons (Fsp3) is 0.526. The summed E-state index contributed by atoms with van der Waals surface area (Å²) in [6.07, 6.45) is -8.60. The molecule has 0 aliphatic carbocycles. The number of ether oxygens (including phenoxy) is 1. The van der Waals surface area contributed by atoms with Crippen LogP contribution in [0.2, 0.25) is 0 Å². The Balaban J connectivity index is 1.21. The van der Waals surface area contributed by atoms with Crippen molar-refractivity contribution in [2.45, 2.75) is 47.5 Å². The number of nitrogen functional groups attached to an aromatic ring is 2. The van der Waals surface area contributed by atoms with E-state index in [2.05, 4.69) is 47.5 Å². The van der Waals surface area contributed by atoms with E-state index in [-0.39, 0.29) is 34.1 Å². The van der Waals surface area contributed by atoms with Crippen LogP contribution in [0.3, 0.4) is 0 Å². The van der Waals surface area contributed by atoms with Crippen molar-refractivity contribution < 1.29 is 45.6 Å². The number of aromatic nitrogens is 9. The quantitative estimate of drug-likeness (QED) is 0.141. The van der Waals surface area contributed by atoms with Crippen LogP contribution in [0.15, 0.2) is 17.4 Å². The van der Waals surface area contributed by atoms with Crippen LogP contribution in [0.5, 0.6) is 0 Å². The Hall–Kier alpha value is -2.79. The summed E-state index contributed by atoms with van der Waals surface area (Å²) < 4.78 is 87.3. The van der Waals surface area contributed by atoms with Crippen molar-refractivity contribution in [3.05, 3.63) is 23.0 Å². The Bertz CT molecular complexity index is 1950. The lowest BCUT2D eigenvalue weighted by Crippen LogP contribution is -2.34. The molecule has 10 atom stereocenters. The minimum absolute atomic E-state index is 0.0182. The van der Waals surface area contributed by atoms with E-state index in [9.17, 15) is 18.8 Å². The lowest BCUT2D eigenvalue weighted by Gasteiger charge is -2.26. The first-order valence-corrected chi connectivity index (χ1v) is 17.9. The van der Waals surface area contributed by atoms with E-state index < -0.39 is 80.9 Å². The number of imidazole rings is 1. The number of aromatic amines is 1. The number of rotatable bonds is 2. The largest absolute Gasteiger partial charge is 0.472 e. The number of nitrogens with two attached hydrogens (primary N) is 2. The fourth-order valence-corrected chi connectivity index (χ4v) is 9.17. The van der Waals surface area contributed by atoms with Gasteiger partial charge >= 0.3 is 14.6 Å². The summed E-state index contributed by atoms with van der Waals surface area (Å²) in [5.74, 6) is -0.296. The third-order valence-corrected chi connectivity index (χ3v) is 11.2. The van der Waals surface area contributed by atoms with Crippen LogP contribution in [0.1, 0.15) is 11.6 Å². The topological polar surface area (TPSA) is 273 Å². The first-order valence-electron chi connectivity index (χ1n) is 12.8. The molecule has 4 aromatic heterocycles. The normalized spacial score (nSPS) is 37.7. The minimum Gasteiger partial charge on any atom is -0.382 e. The van der Waals surface area contributed by atoms with Crippen LogP contribution in [-0.2, 0) is 32.0 Å². The molecule has 2 unspecified atom stereocenters. The molecular formula is C19H21F2N11O9P2S2. The van der Waals surface area contributed by atoms with Crippen LogP contribution in [-0.4, -0.2) is 98.5 Å².